The van der Waals surface area contributed by atoms with Crippen molar-refractivity contribution in [2.75, 3.05) is 0 Å². The molecular weight excluding hydrogens is 384 g/mol. The van der Waals surface area contributed by atoms with E-state index in [0.29, 0.717) is 22.8 Å². The molecule has 4 nitrogen and oxygen atoms in total. The number of carbonyl (C=O) groups excluding carboxylic acids is 1. The van der Waals surface area contributed by atoms with Crippen molar-refractivity contribution in [3.05, 3.63) is 107 Å². The summed E-state index contributed by atoms with van der Waals surface area (Å²) in [7, 11) is 0. The van der Waals surface area contributed by atoms with Crippen molar-refractivity contribution in [3.63, 3.8) is 0 Å². The summed E-state index contributed by atoms with van der Waals surface area (Å²) >= 11 is 6.02. The van der Waals surface area contributed by atoms with Gasteiger partial charge < -0.3 is 4.42 Å². The predicted molar refractivity (Wildman–Crippen MR) is 114 cm³/mol. The molecular formula is C24H17ClN2O2. The van der Waals surface area contributed by atoms with Gasteiger partial charge in [-0.25, -0.2) is 5.01 Å². The van der Waals surface area contributed by atoms with Gasteiger partial charge in [0, 0.05) is 17.0 Å². The van der Waals surface area contributed by atoms with Crippen LogP contribution >= 0.6 is 11.6 Å². The van der Waals surface area contributed by atoms with Crippen LogP contribution in [0.25, 0.3) is 10.8 Å². The van der Waals surface area contributed by atoms with Crippen LogP contribution in [0, 0.1) is 0 Å². The fourth-order valence-electron chi connectivity index (χ4n) is 3.67. The molecule has 1 amide bonds. The highest BCUT2D eigenvalue weighted by Gasteiger charge is 2.35. The Morgan fingerprint density at radius 2 is 1.76 bits per heavy atom. The van der Waals surface area contributed by atoms with Gasteiger partial charge in [0.25, 0.3) is 5.91 Å². The van der Waals surface area contributed by atoms with Crippen molar-refractivity contribution in [1.29, 1.82) is 0 Å². The molecule has 5 rings (SSSR count). The molecule has 0 radical (unpaired) electrons. The van der Waals surface area contributed by atoms with Gasteiger partial charge in [0.2, 0.25) is 0 Å². The number of hydrazone groups is 1. The summed E-state index contributed by atoms with van der Waals surface area (Å²) in [5, 5.41) is 9.00. The zero-order valence-electron chi connectivity index (χ0n) is 15.5. The zero-order chi connectivity index (χ0) is 19.8. The van der Waals surface area contributed by atoms with Crippen molar-refractivity contribution < 1.29 is 9.21 Å². The topological polar surface area (TPSA) is 45.8 Å². The molecule has 1 aromatic heterocycles. The van der Waals surface area contributed by atoms with Crippen LogP contribution < -0.4 is 0 Å². The molecule has 142 valence electrons. The number of hydrogen-bond donors (Lipinski definition) is 0. The Morgan fingerprint density at radius 3 is 2.52 bits per heavy atom. The normalized spacial score (nSPS) is 16.2. The van der Waals surface area contributed by atoms with Gasteiger partial charge in [-0.2, -0.15) is 5.10 Å². The van der Waals surface area contributed by atoms with E-state index in [-0.39, 0.29) is 11.9 Å². The highest BCUT2D eigenvalue weighted by Crippen LogP contribution is 2.34. The van der Waals surface area contributed by atoms with E-state index in [1.165, 1.54) is 5.01 Å². The summed E-state index contributed by atoms with van der Waals surface area (Å²) in [4.78, 5) is 13.4. The third-order valence-electron chi connectivity index (χ3n) is 5.16. The summed E-state index contributed by atoms with van der Waals surface area (Å²) in [6.45, 7) is 0. The molecule has 0 spiro atoms. The smallest absolute Gasteiger partial charge is 0.274 e. The molecule has 0 bridgehead atoms. The van der Waals surface area contributed by atoms with Gasteiger partial charge in [0.15, 0.2) is 0 Å². The van der Waals surface area contributed by atoms with E-state index in [1.807, 2.05) is 78.9 Å². The first kappa shape index (κ1) is 17.7. The van der Waals surface area contributed by atoms with E-state index in [4.69, 9.17) is 16.0 Å². The lowest BCUT2D eigenvalue weighted by molar-refractivity contribution is 0.0693. The maximum atomic E-state index is 13.4. The van der Waals surface area contributed by atoms with E-state index >= 15 is 0 Å². The van der Waals surface area contributed by atoms with Crippen molar-refractivity contribution in [3.8, 4) is 0 Å². The number of nitrogens with zero attached hydrogens (tertiary/aromatic N) is 2. The first-order chi connectivity index (χ1) is 14.2. The molecule has 0 aliphatic carbocycles. The fraction of sp³-hybridized carbons (Fsp3) is 0.0833. The molecule has 0 fully saturated rings. The summed E-state index contributed by atoms with van der Waals surface area (Å²) in [6, 6.07) is 24.6. The summed E-state index contributed by atoms with van der Waals surface area (Å²) in [5.74, 6) is 0.563. The molecule has 2 heterocycles. The van der Waals surface area contributed by atoms with Crippen molar-refractivity contribution in [1.82, 2.24) is 5.01 Å². The van der Waals surface area contributed by atoms with Crippen LogP contribution in [0.3, 0.4) is 0 Å². The third kappa shape index (κ3) is 3.32. The van der Waals surface area contributed by atoms with Crippen LogP contribution in [0.2, 0.25) is 5.02 Å². The van der Waals surface area contributed by atoms with E-state index in [0.717, 1.165) is 22.0 Å². The van der Waals surface area contributed by atoms with Crippen LogP contribution in [0.4, 0.5) is 0 Å². The van der Waals surface area contributed by atoms with Crippen LogP contribution in [0.1, 0.15) is 34.1 Å². The Balaban J connectivity index is 1.54. The maximum Gasteiger partial charge on any atom is 0.274 e. The Kier molecular flexibility index (Phi) is 4.41. The highest BCUT2D eigenvalue weighted by molar-refractivity contribution is 6.30. The van der Waals surface area contributed by atoms with Crippen LogP contribution in [-0.4, -0.2) is 16.6 Å². The summed E-state index contributed by atoms with van der Waals surface area (Å²) in [6.07, 6.45) is 2.20. The average molecular weight is 401 g/mol. The van der Waals surface area contributed by atoms with Crippen molar-refractivity contribution >= 4 is 34.0 Å². The van der Waals surface area contributed by atoms with E-state index in [1.54, 1.807) is 6.26 Å². The molecule has 1 aliphatic rings. The number of carbonyl (C=O) groups is 1. The van der Waals surface area contributed by atoms with Crippen LogP contribution in [0.5, 0.6) is 0 Å². The Morgan fingerprint density at radius 1 is 0.966 bits per heavy atom. The maximum absolute atomic E-state index is 13.4. The minimum absolute atomic E-state index is 0.152. The highest BCUT2D eigenvalue weighted by atomic mass is 35.5. The van der Waals surface area contributed by atoms with Gasteiger partial charge in [-0.15, -0.1) is 0 Å². The Labute approximate surface area is 173 Å². The second-order valence-corrected chi connectivity index (χ2v) is 7.44. The molecule has 0 unspecified atom stereocenters. The molecule has 3 aromatic carbocycles. The lowest BCUT2D eigenvalue weighted by Crippen LogP contribution is -2.26. The third-order valence-corrected chi connectivity index (χ3v) is 5.42. The van der Waals surface area contributed by atoms with Gasteiger partial charge >= 0.3 is 0 Å². The number of halogens is 1. The number of amides is 1. The number of fused-ring (bicyclic) bond motifs is 1. The molecule has 29 heavy (non-hydrogen) atoms. The molecule has 0 N–H and O–H groups in total. The van der Waals surface area contributed by atoms with Gasteiger partial charge in [-0.05, 0) is 52.7 Å². The van der Waals surface area contributed by atoms with Gasteiger partial charge in [0.05, 0.1) is 12.0 Å². The molecule has 0 saturated carbocycles. The second-order valence-electron chi connectivity index (χ2n) is 7.00. The van der Waals surface area contributed by atoms with E-state index in [9.17, 15) is 4.79 Å². The molecule has 1 atom stereocenters. The molecule has 0 saturated heterocycles. The SMILES string of the molecule is O=C(c1ccc2ccccc2c1)N1N=C(c2ccc(Cl)cc2)C[C@H]1c1ccco1. The van der Waals surface area contributed by atoms with Gasteiger partial charge in [-0.1, -0.05) is 54.1 Å². The first-order valence-corrected chi connectivity index (χ1v) is 9.76. The van der Waals surface area contributed by atoms with Crippen molar-refractivity contribution in [2.24, 2.45) is 5.10 Å². The molecule has 1 aliphatic heterocycles. The lowest BCUT2D eigenvalue weighted by atomic mass is 10.0. The minimum atomic E-state index is -0.283. The molecule has 4 aromatic rings. The minimum Gasteiger partial charge on any atom is -0.467 e. The first-order valence-electron chi connectivity index (χ1n) is 9.38. The Bertz CT molecular complexity index is 1210. The lowest BCUT2D eigenvalue weighted by Gasteiger charge is -2.20. The fourth-order valence-corrected chi connectivity index (χ4v) is 3.80. The van der Waals surface area contributed by atoms with Gasteiger partial charge in [0.1, 0.15) is 11.8 Å². The van der Waals surface area contributed by atoms with Crippen molar-refractivity contribution in [2.45, 2.75) is 12.5 Å². The van der Waals surface area contributed by atoms with Crippen LogP contribution in [0.15, 0.2) is 94.6 Å². The van der Waals surface area contributed by atoms with Crippen LogP contribution in [-0.2, 0) is 0 Å². The summed E-state index contributed by atoms with van der Waals surface area (Å²) in [5.41, 5.74) is 2.37. The summed E-state index contributed by atoms with van der Waals surface area (Å²) < 4.78 is 5.62. The largest absolute Gasteiger partial charge is 0.467 e. The van der Waals surface area contributed by atoms with Gasteiger partial charge in [-0.3, -0.25) is 4.79 Å². The quantitative estimate of drug-likeness (QED) is 0.418. The van der Waals surface area contributed by atoms with E-state index < -0.39 is 0 Å². The standard InChI is InChI=1S/C24H17ClN2O2/c25-20-11-9-17(10-12-20)21-15-22(23-6-3-13-29-23)27(26-21)24(28)19-8-7-16-4-1-2-5-18(16)14-19/h1-14,22H,15H2/t22-/m0/s1. The zero-order valence-corrected chi connectivity index (χ0v) is 16.2. The number of furan rings is 1. The Hall–Kier alpha value is -3.37. The number of rotatable bonds is 3. The average Bonchev–Trinajstić information content (AvgIpc) is 3.43. The number of hydrogen-bond acceptors (Lipinski definition) is 3. The molecule has 5 heteroatoms. The second kappa shape index (κ2) is 7.22. The predicted octanol–water partition coefficient (Wildman–Crippen LogP) is 6.08. The number of benzene rings is 3. The monoisotopic (exact) mass is 400 g/mol. The van der Waals surface area contributed by atoms with E-state index in [2.05, 4.69) is 5.10 Å².